The lowest BCUT2D eigenvalue weighted by molar-refractivity contribution is -0.121. The van der Waals surface area contributed by atoms with Crippen molar-refractivity contribution in [1.29, 1.82) is 5.26 Å². The van der Waals surface area contributed by atoms with E-state index >= 15 is 0 Å². The van der Waals surface area contributed by atoms with E-state index in [9.17, 15) is 19.2 Å². The van der Waals surface area contributed by atoms with E-state index in [-0.39, 0.29) is 22.8 Å². The van der Waals surface area contributed by atoms with Crippen LogP contribution in [0, 0.1) is 24.1 Å². The Balaban J connectivity index is 1.73. The van der Waals surface area contributed by atoms with E-state index in [0.29, 0.717) is 52.3 Å². The maximum atomic E-state index is 13.3. The predicted molar refractivity (Wildman–Crippen MR) is 133 cm³/mol. The number of pyridine rings is 1. The van der Waals surface area contributed by atoms with Gasteiger partial charge in [-0.1, -0.05) is 24.0 Å². The highest BCUT2D eigenvalue weighted by Crippen LogP contribution is 2.35. The minimum Gasteiger partial charge on any atom is -0.368 e. The van der Waals surface area contributed by atoms with Crippen LogP contribution in [0.4, 0.5) is 15.9 Å². The summed E-state index contributed by atoms with van der Waals surface area (Å²) in [7, 11) is 3.27. The molecule has 0 aliphatic carbocycles. The zero-order valence-corrected chi connectivity index (χ0v) is 20.1. The largest absolute Gasteiger partial charge is 0.368 e. The molecule has 2 aromatic rings. The van der Waals surface area contributed by atoms with Gasteiger partial charge in [-0.05, 0) is 42.8 Å². The number of hydrogen-bond donors (Lipinski definition) is 0. The molecule has 10 heteroatoms. The summed E-state index contributed by atoms with van der Waals surface area (Å²) in [6, 6.07) is 8.41. The first-order chi connectivity index (χ1) is 15.7. The summed E-state index contributed by atoms with van der Waals surface area (Å²) >= 11 is 6.45. The molecule has 2 aliphatic rings. The van der Waals surface area contributed by atoms with Gasteiger partial charge < -0.3 is 9.80 Å². The number of piperazine rings is 1. The maximum Gasteiger partial charge on any atom is 0.270 e. The Bertz CT molecular complexity index is 1270. The molecule has 1 aromatic carbocycles. The molecular formula is C23H22FN5O2S2. The van der Waals surface area contributed by atoms with Gasteiger partial charge in [-0.2, -0.15) is 5.26 Å². The summed E-state index contributed by atoms with van der Waals surface area (Å²) in [6.45, 7) is 4.32. The zero-order valence-electron chi connectivity index (χ0n) is 18.5. The highest BCUT2D eigenvalue weighted by Gasteiger charge is 2.31. The van der Waals surface area contributed by atoms with Crippen LogP contribution >= 0.6 is 24.0 Å². The highest BCUT2D eigenvalue weighted by atomic mass is 32.2. The van der Waals surface area contributed by atoms with Crippen LogP contribution in [0.15, 0.2) is 34.0 Å². The first kappa shape index (κ1) is 23.0. The summed E-state index contributed by atoms with van der Waals surface area (Å²) in [5.41, 5.74) is 1.83. The van der Waals surface area contributed by atoms with Gasteiger partial charge in [0.2, 0.25) is 0 Å². The van der Waals surface area contributed by atoms with Crippen molar-refractivity contribution in [3.63, 3.8) is 0 Å². The number of nitrogens with zero attached hydrogens (tertiary/aromatic N) is 5. The number of carbonyl (C=O) groups excluding carboxylic acids is 1. The van der Waals surface area contributed by atoms with Gasteiger partial charge in [-0.3, -0.25) is 19.1 Å². The van der Waals surface area contributed by atoms with Crippen molar-refractivity contribution in [3.05, 3.63) is 62.0 Å². The molecule has 0 atom stereocenters. The van der Waals surface area contributed by atoms with Crippen LogP contribution in [0.3, 0.4) is 0 Å². The summed E-state index contributed by atoms with van der Waals surface area (Å²) in [5, 5.41) is 9.59. The third kappa shape index (κ3) is 4.14. The molecule has 2 saturated heterocycles. The molecule has 0 spiro atoms. The zero-order chi connectivity index (χ0) is 23.9. The van der Waals surface area contributed by atoms with E-state index in [4.69, 9.17) is 12.2 Å². The summed E-state index contributed by atoms with van der Waals surface area (Å²) in [6.07, 6.45) is 1.74. The number of thiocarbonyl (C=S) groups is 1. The number of amides is 1. The number of rotatable bonds is 3. The second-order valence-corrected chi connectivity index (χ2v) is 9.58. The third-order valence-corrected chi connectivity index (χ3v) is 7.49. The Morgan fingerprint density at radius 1 is 1.09 bits per heavy atom. The standard InChI is InChI=1S/C23H22FN5O2S2/c1-14-17(12-19-22(31)27(3)23(32)33-19)20(26(2)21(30)18(14)13-25)29-10-8-28(9-11-29)16-6-4-15(24)5-7-16/h4-7,12H,8-11H2,1-3H3/b19-12-. The Labute approximate surface area is 200 Å². The predicted octanol–water partition coefficient (Wildman–Crippen LogP) is 2.86. The van der Waals surface area contributed by atoms with Gasteiger partial charge in [0.25, 0.3) is 11.5 Å². The van der Waals surface area contributed by atoms with Crippen LogP contribution in [0.2, 0.25) is 0 Å². The number of hydrogen-bond acceptors (Lipinski definition) is 7. The van der Waals surface area contributed by atoms with Crippen molar-refractivity contribution in [1.82, 2.24) is 9.47 Å². The number of halogens is 1. The normalized spacial score (nSPS) is 17.8. The Kier molecular flexibility index (Phi) is 6.28. The number of carbonyl (C=O) groups is 1. The lowest BCUT2D eigenvalue weighted by atomic mass is 10.0. The van der Waals surface area contributed by atoms with Gasteiger partial charge in [-0.15, -0.1) is 0 Å². The van der Waals surface area contributed by atoms with Crippen LogP contribution < -0.4 is 15.4 Å². The molecule has 1 aromatic heterocycles. The maximum absolute atomic E-state index is 13.3. The molecule has 4 rings (SSSR count). The Morgan fingerprint density at radius 3 is 2.24 bits per heavy atom. The minimum atomic E-state index is -0.369. The molecule has 33 heavy (non-hydrogen) atoms. The number of benzene rings is 1. The molecule has 0 bridgehead atoms. The van der Waals surface area contributed by atoms with Crippen LogP contribution in [0.25, 0.3) is 6.08 Å². The molecule has 0 saturated carbocycles. The first-order valence-corrected chi connectivity index (χ1v) is 11.6. The van der Waals surface area contributed by atoms with E-state index < -0.39 is 0 Å². The Morgan fingerprint density at radius 2 is 1.70 bits per heavy atom. The average Bonchev–Trinajstić information content (AvgIpc) is 3.05. The highest BCUT2D eigenvalue weighted by molar-refractivity contribution is 8.26. The van der Waals surface area contributed by atoms with Crippen molar-refractivity contribution in [2.75, 3.05) is 43.0 Å². The molecule has 3 heterocycles. The van der Waals surface area contributed by atoms with Gasteiger partial charge in [0, 0.05) is 51.5 Å². The fraction of sp³-hybridized carbons (Fsp3) is 0.304. The summed E-state index contributed by atoms with van der Waals surface area (Å²) in [4.78, 5) is 31.6. The van der Waals surface area contributed by atoms with E-state index in [1.807, 2.05) is 6.07 Å². The SMILES string of the molecule is Cc1c(/C=C2\SC(=S)N(C)C2=O)c(N2CCN(c3ccc(F)cc3)CC2)n(C)c(=O)c1C#N. The topological polar surface area (TPSA) is 72.6 Å². The number of anilines is 2. The molecule has 2 fully saturated rings. The minimum absolute atomic E-state index is 0.0597. The third-order valence-electron chi connectivity index (χ3n) is 6.00. The fourth-order valence-corrected chi connectivity index (χ4v) is 5.26. The number of nitriles is 1. The van der Waals surface area contributed by atoms with Crippen molar-refractivity contribution in [2.24, 2.45) is 7.05 Å². The first-order valence-electron chi connectivity index (χ1n) is 10.3. The van der Waals surface area contributed by atoms with Crippen molar-refractivity contribution in [3.8, 4) is 6.07 Å². The summed E-state index contributed by atoms with van der Waals surface area (Å²) < 4.78 is 15.2. The molecule has 1 amide bonds. The van der Waals surface area contributed by atoms with Gasteiger partial charge in [0.15, 0.2) is 0 Å². The molecule has 0 unspecified atom stereocenters. The van der Waals surface area contributed by atoms with Crippen LogP contribution in [0.1, 0.15) is 16.7 Å². The van der Waals surface area contributed by atoms with E-state index in [0.717, 1.165) is 5.69 Å². The lowest BCUT2D eigenvalue weighted by Gasteiger charge is -2.38. The van der Waals surface area contributed by atoms with Crippen LogP contribution in [0.5, 0.6) is 0 Å². The smallest absolute Gasteiger partial charge is 0.270 e. The molecule has 2 aliphatic heterocycles. The van der Waals surface area contributed by atoms with E-state index in [1.165, 1.54) is 33.4 Å². The van der Waals surface area contributed by atoms with Gasteiger partial charge >= 0.3 is 0 Å². The molecule has 0 N–H and O–H groups in total. The van der Waals surface area contributed by atoms with Crippen molar-refractivity contribution >= 4 is 51.8 Å². The second kappa shape index (κ2) is 9.00. The number of aromatic nitrogens is 1. The number of thioether (sulfide) groups is 1. The van der Waals surface area contributed by atoms with E-state index in [2.05, 4.69) is 9.80 Å². The number of likely N-dealkylation sites (N-methyl/N-ethyl adjacent to an activating group) is 1. The van der Waals surface area contributed by atoms with Gasteiger partial charge in [0.05, 0.1) is 4.91 Å². The van der Waals surface area contributed by atoms with E-state index in [1.54, 1.807) is 39.2 Å². The second-order valence-electron chi connectivity index (χ2n) is 7.90. The molecule has 170 valence electrons. The fourth-order valence-electron chi connectivity index (χ4n) is 4.10. The molecule has 7 nitrogen and oxygen atoms in total. The monoisotopic (exact) mass is 483 g/mol. The molecular weight excluding hydrogens is 461 g/mol. The van der Waals surface area contributed by atoms with Crippen LogP contribution in [-0.4, -0.2) is 52.9 Å². The van der Waals surface area contributed by atoms with Crippen LogP contribution in [-0.2, 0) is 11.8 Å². The van der Waals surface area contributed by atoms with Crippen molar-refractivity contribution < 1.29 is 9.18 Å². The summed E-state index contributed by atoms with van der Waals surface area (Å²) in [5.74, 6) is 0.183. The molecule has 0 radical (unpaired) electrons. The van der Waals surface area contributed by atoms with Gasteiger partial charge in [-0.25, -0.2) is 4.39 Å². The van der Waals surface area contributed by atoms with Gasteiger partial charge in [0.1, 0.15) is 27.6 Å². The quantitative estimate of drug-likeness (QED) is 0.491. The Hall–Kier alpha value is -3.16. The van der Waals surface area contributed by atoms with Crippen molar-refractivity contribution in [2.45, 2.75) is 6.92 Å². The lowest BCUT2D eigenvalue weighted by Crippen LogP contribution is -2.48. The average molecular weight is 484 g/mol.